The van der Waals surface area contributed by atoms with Crippen LogP contribution in [-0.4, -0.2) is 46.8 Å². The van der Waals surface area contributed by atoms with Crippen LogP contribution < -0.4 is 6.15 Å². The van der Waals surface area contributed by atoms with Crippen molar-refractivity contribution in [1.82, 2.24) is 11.1 Å². The molecule has 0 unspecified atom stereocenters. The van der Waals surface area contributed by atoms with Crippen molar-refractivity contribution in [3.05, 3.63) is 66.5 Å². The van der Waals surface area contributed by atoms with E-state index in [1.807, 2.05) is 36.4 Å². The standard InChI is InChI=1S/C13H16O2S.C6H7NO.H3N.2H2O.H2/c1-11(10-14)12-4-6-13(7-5-12)16-9-3-8-15-2;8-5-6-3-1-2-4-7-6;;;;/h4-7,10H,1,3,8-9H2,2H3;1-4,8H,5H2;1H3;2*1H2;1H. The second kappa shape index (κ2) is 18.7. The van der Waals surface area contributed by atoms with Crippen LogP contribution in [0.5, 0.6) is 0 Å². The van der Waals surface area contributed by atoms with E-state index >= 15 is 0 Å². The van der Waals surface area contributed by atoms with E-state index in [0.717, 1.165) is 30.6 Å². The zero-order valence-corrected chi connectivity index (χ0v) is 16.4. The van der Waals surface area contributed by atoms with Gasteiger partial charge in [-0.15, -0.1) is 11.8 Å². The lowest BCUT2D eigenvalue weighted by Gasteiger charge is -2.03. The Morgan fingerprint density at radius 2 is 1.93 bits per heavy atom. The van der Waals surface area contributed by atoms with Crippen molar-refractivity contribution in [2.24, 2.45) is 0 Å². The zero-order chi connectivity index (χ0) is 17.6. The van der Waals surface area contributed by atoms with Gasteiger partial charge in [-0.1, -0.05) is 24.8 Å². The predicted octanol–water partition coefficient (Wildman–Crippen LogP) is 2.36. The Balaban J connectivity index is -0.000000208. The highest BCUT2D eigenvalue weighted by molar-refractivity contribution is 7.99. The lowest BCUT2D eigenvalue weighted by Crippen LogP contribution is -1.90. The summed E-state index contributed by atoms with van der Waals surface area (Å²) < 4.78 is 4.98. The number of aliphatic hydroxyl groups is 1. The predicted molar refractivity (Wildman–Crippen MR) is 113 cm³/mol. The van der Waals surface area contributed by atoms with Crippen LogP contribution in [0.3, 0.4) is 0 Å². The maximum absolute atomic E-state index is 10.5. The molecule has 8 heteroatoms. The lowest BCUT2D eigenvalue weighted by molar-refractivity contribution is -0.103. The molecule has 1 aromatic heterocycles. The van der Waals surface area contributed by atoms with Crippen molar-refractivity contribution >= 4 is 23.6 Å². The maximum atomic E-state index is 10.5. The number of carbonyl (C=O) groups excluding carboxylic acids is 1. The van der Waals surface area contributed by atoms with E-state index in [4.69, 9.17) is 9.84 Å². The fourth-order valence-electron chi connectivity index (χ4n) is 1.72. The Hall–Kier alpha value is -2.07. The molecular formula is C19H32N2O5S. The molecule has 0 fully saturated rings. The molecule has 0 aliphatic heterocycles. The highest BCUT2D eigenvalue weighted by Gasteiger charge is 1.98. The highest BCUT2D eigenvalue weighted by atomic mass is 32.2. The van der Waals surface area contributed by atoms with Gasteiger partial charge in [0.2, 0.25) is 0 Å². The summed E-state index contributed by atoms with van der Waals surface area (Å²) in [4.78, 5) is 15.6. The van der Waals surface area contributed by atoms with Crippen molar-refractivity contribution in [2.75, 3.05) is 19.5 Å². The van der Waals surface area contributed by atoms with Crippen LogP contribution in [0, 0.1) is 0 Å². The summed E-state index contributed by atoms with van der Waals surface area (Å²) >= 11 is 1.79. The number of hydrogen-bond donors (Lipinski definition) is 2. The van der Waals surface area contributed by atoms with Crippen LogP contribution in [0.15, 0.2) is 60.1 Å². The second-order valence-corrected chi connectivity index (χ2v) is 6.01. The average Bonchev–Trinajstić information content (AvgIpc) is 2.66. The number of aromatic nitrogens is 1. The van der Waals surface area contributed by atoms with E-state index in [1.54, 1.807) is 31.1 Å². The number of allylic oxidation sites excluding steroid dienone is 1. The van der Waals surface area contributed by atoms with E-state index in [-0.39, 0.29) is 25.1 Å². The number of thioether (sulfide) groups is 1. The van der Waals surface area contributed by atoms with Gasteiger partial charge >= 0.3 is 0 Å². The van der Waals surface area contributed by atoms with Gasteiger partial charge < -0.3 is 26.9 Å². The van der Waals surface area contributed by atoms with Crippen LogP contribution in [0.1, 0.15) is 19.1 Å². The Labute approximate surface area is 166 Å². The molecule has 1 heterocycles. The quantitative estimate of drug-likeness (QED) is 0.299. The number of ether oxygens (including phenoxy) is 1. The first-order valence-electron chi connectivity index (χ1n) is 7.58. The first-order valence-corrected chi connectivity index (χ1v) is 8.56. The number of pyridine rings is 1. The molecule has 154 valence electrons. The number of aldehydes is 1. The largest absolute Gasteiger partial charge is 0.412 e. The van der Waals surface area contributed by atoms with Gasteiger partial charge in [-0.05, 0) is 36.2 Å². The van der Waals surface area contributed by atoms with Crippen molar-refractivity contribution in [3.8, 4) is 0 Å². The number of nitrogens with zero attached hydrogens (tertiary/aromatic N) is 1. The zero-order valence-electron chi connectivity index (χ0n) is 15.6. The molecule has 0 bridgehead atoms. The van der Waals surface area contributed by atoms with Crippen LogP contribution in [0.2, 0.25) is 0 Å². The summed E-state index contributed by atoms with van der Waals surface area (Å²) in [7, 11) is 1.71. The molecule has 27 heavy (non-hydrogen) atoms. The molecule has 0 aliphatic carbocycles. The van der Waals surface area contributed by atoms with Crippen LogP contribution in [0.4, 0.5) is 0 Å². The summed E-state index contributed by atoms with van der Waals surface area (Å²) in [5.74, 6) is 1.04. The smallest absolute Gasteiger partial charge is 0.150 e. The third-order valence-corrected chi connectivity index (χ3v) is 4.12. The Kier molecular flexibility index (Phi) is 20.6. The molecule has 2 aromatic rings. The minimum absolute atomic E-state index is 0. The van der Waals surface area contributed by atoms with Gasteiger partial charge in [-0.25, -0.2) is 0 Å². The first-order chi connectivity index (χ1) is 11.7. The molecule has 2 rings (SSSR count). The molecule has 0 radical (unpaired) electrons. The number of rotatable bonds is 8. The first kappa shape index (κ1) is 29.7. The van der Waals surface area contributed by atoms with Gasteiger partial charge in [0.1, 0.15) is 6.29 Å². The molecule has 7 nitrogen and oxygen atoms in total. The van der Waals surface area contributed by atoms with E-state index in [9.17, 15) is 4.79 Å². The van der Waals surface area contributed by atoms with Crippen LogP contribution in [0.25, 0.3) is 5.57 Å². The summed E-state index contributed by atoms with van der Waals surface area (Å²) in [6, 6.07) is 13.3. The van der Waals surface area contributed by atoms with Crippen molar-refractivity contribution < 1.29 is 27.0 Å². The maximum Gasteiger partial charge on any atom is 0.150 e. The van der Waals surface area contributed by atoms with Gasteiger partial charge in [0, 0.05) is 37.6 Å². The number of hydrogen-bond acceptors (Lipinski definition) is 6. The molecule has 0 amide bonds. The van der Waals surface area contributed by atoms with Gasteiger partial charge in [-0.3, -0.25) is 9.78 Å². The molecule has 0 atom stereocenters. The van der Waals surface area contributed by atoms with Crippen molar-refractivity contribution in [2.45, 2.75) is 17.9 Å². The van der Waals surface area contributed by atoms with Gasteiger partial charge in [0.15, 0.2) is 0 Å². The Bertz CT molecular complexity index is 615. The Morgan fingerprint density at radius 1 is 1.26 bits per heavy atom. The third-order valence-electron chi connectivity index (χ3n) is 3.02. The van der Waals surface area contributed by atoms with E-state index in [0.29, 0.717) is 11.3 Å². The fourth-order valence-corrected chi connectivity index (χ4v) is 2.54. The molecule has 8 N–H and O–H groups in total. The fraction of sp³-hybridized carbons (Fsp3) is 0.263. The van der Waals surface area contributed by atoms with Crippen molar-refractivity contribution in [3.63, 3.8) is 0 Å². The molecule has 0 aliphatic rings. The minimum Gasteiger partial charge on any atom is -0.412 e. The molecule has 0 spiro atoms. The van der Waals surface area contributed by atoms with Crippen molar-refractivity contribution in [1.29, 1.82) is 0 Å². The normalized spacial score (nSPS) is 8.67. The number of aliphatic hydroxyl groups excluding tert-OH is 1. The number of benzene rings is 1. The molecule has 0 saturated carbocycles. The third kappa shape index (κ3) is 12.8. The molecular weight excluding hydrogens is 368 g/mol. The van der Waals surface area contributed by atoms with Gasteiger partial charge in [-0.2, -0.15) is 0 Å². The average molecular weight is 401 g/mol. The molecule has 1 aromatic carbocycles. The van der Waals surface area contributed by atoms with Gasteiger partial charge in [0.05, 0.1) is 12.3 Å². The summed E-state index contributed by atoms with van der Waals surface area (Å²) in [5.41, 5.74) is 2.12. The number of methoxy groups -OCH3 is 1. The van der Waals surface area contributed by atoms with E-state index in [1.165, 1.54) is 4.90 Å². The highest BCUT2D eigenvalue weighted by Crippen LogP contribution is 2.21. The second-order valence-electron chi connectivity index (χ2n) is 4.84. The SMILES string of the molecule is C=C(C=O)c1ccc(SCCCOC)cc1.N.O.O.OCc1ccccn1.[HH]. The van der Waals surface area contributed by atoms with Crippen LogP contribution in [-0.2, 0) is 16.1 Å². The summed E-state index contributed by atoms with van der Waals surface area (Å²) in [5, 5.41) is 8.48. The summed E-state index contributed by atoms with van der Waals surface area (Å²) in [6.45, 7) is 4.50. The molecule has 0 saturated heterocycles. The van der Waals surface area contributed by atoms with E-state index < -0.39 is 0 Å². The van der Waals surface area contributed by atoms with Crippen LogP contribution >= 0.6 is 11.8 Å². The van der Waals surface area contributed by atoms with E-state index in [2.05, 4.69) is 11.6 Å². The topological polar surface area (TPSA) is 157 Å². The Morgan fingerprint density at radius 3 is 2.37 bits per heavy atom. The number of carbonyl (C=O) groups is 1. The minimum atomic E-state index is 0. The summed E-state index contributed by atoms with van der Waals surface area (Å²) in [6.07, 6.45) is 3.48. The van der Waals surface area contributed by atoms with Gasteiger partial charge in [0.25, 0.3) is 0 Å². The monoisotopic (exact) mass is 400 g/mol. The lowest BCUT2D eigenvalue weighted by atomic mass is 10.1.